The van der Waals surface area contributed by atoms with Crippen LogP contribution in [-0.4, -0.2) is 16.9 Å². The van der Waals surface area contributed by atoms with Gasteiger partial charge >= 0.3 is 0 Å². The molecule has 5 heteroatoms. The summed E-state index contributed by atoms with van der Waals surface area (Å²) >= 11 is 1.63. The lowest BCUT2D eigenvalue weighted by Crippen LogP contribution is -2.36. The zero-order valence-corrected chi connectivity index (χ0v) is 16.2. The van der Waals surface area contributed by atoms with Gasteiger partial charge in [0.15, 0.2) is 0 Å². The van der Waals surface area contributed by atoms with Crippen molar-refractivity contribution in [3.8, 4) is 5.75 Å². The third kappa shape index (κ3) is 5.70. The molecule has 1 saturated carbocycles. The lowest BCUT2D eigenvalue weighted by molar-refractivity contribution is -0.117. The number of hydrogen-bond acceptors (Lipinski definition) is 4. The average molecular weight is 371 g/mol. The van der Waals surface area contributed by atoms with Gasteiger partial charge in [0.2, 0.25) is 5.91 Å². The fourth-order valence-corrected chi connectivity index (χ4v) is 3.73. The first-order valence-electron chi connectivity index (χ1n) is 9.21. The van der Waals surface area contributed by atoms with E-state index in [1.807, 2.05) is 42.6 Å². The molecule has 1 N–H and O–H groups in total. The topological polar surface area (TPSA) is 51.2 Å². The predicted molar refractivity (Wildman–Crippen MR) is 106 cm³/mol. The van der Waals surface area contributed by atoms with Crippen LogP contribution in [0.3, 0.4) is 0 Å². The van der Waals surface area contributed by atoms with Crippen LogP contribution in [0.15, 0.2) is 35.7 Å². The first-order chi connectivity index (χ1) is 12.6. The molecule has 0 aliphatic heterocycles. The van der Waals surface area contributed by atoms with Crippen molar-refractivity contribution in [3.63, 3.8) is 0 Å². The minimum atomic E-state index is -0.0104. The van der Waals surface area contributed by atoms with Gasteiger partial charge < -0.3 is 10.1 Å². The zero-order valence-electron chi connectivity index (χ0n) is 15.4. The smallest absolute Gasteiger partial charge is 0.244 e. The standard InChI is InChI=1S/C21H26N2O2S/c1-15-3-8-18(9-4-15)23-21(24)12-7-17-5-10-20(11-6-17)25-13-19-14-26-16(2)22-19/h5-7,10-12,14-15,18H,3-4,8-9,13H2,1-2H3,(H,23,24)/b12-7+. The largest absolute Gasteiger partial charge is 0.487 e. The molecule has 0 radical (unpaired) electrons. The second kappa shape index (κ2) is 8.99. The van der Waals surface area contributed by atoms with Crippen LogP contribution in [0.5, 0.6) is 5.75 Å². The molecular weight excluding hydrogens is 344 g/mol. The number of carbonyl (C=O) groups excluding carboxylic acids is 1. The molecule has 0 bridgehead atoms. The lowest BCUT2D eigenvalue weighted by Gasteiger charge is -2.26. The van der Waals surface area contributed by atoms with Crippen molar-refractivity contribution in [1.82, 2.24) is 10.3 Å². The van der Waals surface area contributed by atoms with Crippen LogP contribution in [0, 0.1) is 12.8 Å². The summed E-state index contributed by atoms with van der Waals surface area (Å²) in [5.41, 5.74) is 1.93. The normalized spacial score (nSPS) is 20.2. The number of aromatic nitrogens is 1. The third-order valence-electron chi connectivity index (χ3n) is 4.72. The van der Waals surface area contributed by atoms with Crippen LogP contribution in [0.1, 0.15) is 48.9 Å². The van der Waals surface area contributed by atoms with Crippen LogP contribution in [0.4, 0.5) is 0 Å². The van der Waals surface area contributed by atoms with E-state index in [-0.39, 0.29) is 5.91 Å². The minimum Gasteiger partial charge on any atom is -0.487 e. The van der Waals surface area contributed by atoms with E-state index in [0.29, 0.717) is 12.6 Å². The van der Waals surface area contributed by atoms with Crippen LogP contribution in [0.25, 0.3) is 6.08 Å². The van der Waals surface area contributed by atoms with Crippen molar-refractivity contribution in [1.29, 1.82) is 0 Å². The predicted octanol–water partition coefficient (Wildman–Crippen LogP) is 4.74. The van der Waals surface area contributed by atoms with Gasteiger partial charge in [0.25, 0.3) is 0 Å². The molecule has 0 spiro atoms. The van der Waals surface area contributed by atoms with Gasteiger partial charge in [-0.3, -0.25) is 4.79 Å². The number of nitrogens with zero attached hydrogens (tertiary/aromatic N) is 1. The Kier molecular flexibility index (Phi) is 6.45. The Morgan fingerprint density at radius 2 is 2.00 bits per heavy atom. The van der Waals surface area contributed by atoms with E-state index in [2.05, 4.69) is 17.2 Å². The number of hydrogen-bond donors (Lipinski definition) is 1. The first kappa shape index (κ1) is 18.6. The van der Waals surface area contributed by atoms with E-state index in [4.69, 9.17) is 4.74 Å². The molecule has 1 amide bonds. The quantitative estimate of drug-likeness (QED) is 0.747. The molecule has 138 valence electrons. The zero-order chi connectivity index (χ0) is 18.4. The Labute approximate surface area is 159 Å². The minimum absolute atomic E-state index is 0.0104. The number of rotatable bonds is 6. The molecule has 26 heavy (non-hydrogen) atoms. The Morgan fingerprint density at radius 1 is 1.27 bits per heavy atom. The van der Waals surface area contributed by atoms with E-state index >= 15 is 0 Å². The van der Waals surface area contributed by atoms with Crippen LogP contribution < -0.4 is 10.1 Å². The van der Waals surface area contributed by atoms with Crippen LogP contribution in [0.2, 0.25) is 0 Å². The summed E-state index contributed by atoms with van der Waals surface area (Å²) in [5.74, 6) is 1.58. The van der Waals surface area contributed by atoms with Gasteiger partial charge in [-0.25, -0.2) is 4.98 Å². The Morgan fingerprint density at radius 3 is 2.65 bits per heavy atom. The number of amides is 1. The highest BCUT2D eigenvalue weighted by atomic mass is 32.1. The number of benzene rings is 1. The van der Waals surface area contributed by atoms with Crippen molar-refractivity contribution >= 4 is 23.3 Å². The Hall–Kier alpha value is -2.14. The van der Waals surface area contributed by atoms with Crippen LogP contribution >= 0.6 is 11.3 Å². The summed E-state index contributed by atoms with van der Waals surface area (Å²) in [5, 5.41) is 6.16. The van der Waals surface area contributed by atoms with E-state index in [9.17, 15) is 4.79 Å². The summed E-state index contributed by atoms with van der Waals surface area (Å²) in [6, 6.07) is 8.06. The molecule has 3 rings (SSSR count). The van der Waals surface area contributed by atoms with Crippen molar-refractivity contribution < 1.29 is 9.53 Å². The second-order valence-corrected chi connectivity index (χ2v) is 8.08. The molecule has 1 aliphatic rings. The highest BCUT2D eigenvalue weighted by molar-refractivity contribution is 7.09. The van der Waals surface area contributed by atoms with Gasteiger partial charge in [0, 0.05) is 17.5 Å². The van der Waals surface area contributed by atoms with E-state index in [0.717, 1.165) is 40.8 Å². The second-order valence-electron chi connectivity index (χ2n) is 7.01. The van der Waals surface area contributed by atoms with Gasteiger partial charge in [-0.1, -0.05) is 19.1 Å². The molecule has 4 nitrogen and oxygen atoms in total. The summed E-state index contributed by atoms with van der Waals surface area (Å²) in [4.78, 5) is 16.4. The third-order valence-corrected chi connectivity index (χ3v) is 5.55. The molecule has 0 saturated heterocycles. The molecular formula is C21H26N2O2S. The molecule has 1 fully saturated rings. The van der Waals surface area contributed by atoms with Crippen LogP contribution in [-0.2, 0) is 11.4 Å². The van der Waals surface area contributed by atoms with Gasteiger partial charge in [-0.05, 0) is 62.3 Å². The highest BCUT2D eigenvalue weighted by Gasteiger charge is 2.18. The fourth-order valence-electron chi connectivity index (χ4n) is 3.13. The number of thiazole rings is 1. The average Bonchev–Trinajstić information content (AvgIpc) is 3.06. The maximum atomic E-state index is 12.1. The van der Waals surface area contributed by atoms with Gasteiger partial charge in [-0.15, -0.1) is 11.3 Å². The fraction of sp³-hybridized carbons (Fsp3) is 0.429. The first-order valence-corrected chi connectivity index (χ1v) is 10.1. The SMILES string of the molecule is Cc1nc(COc2ccc(/C=C/C(=O)NC3CCC(C)CC3)cc2)cs1. The lowest BCUT2D eigenvalue weighted by atomic mass is 9.87. The van der Waals surface area contributed by atoms with Gasteiger partial charge in [0.05, 0.1) is 10.7 Å². The number of aryl methyl sites for hydroxylation is 1. The van der Waals surface area contributed by atoms with Crippen molar-refractivity contribution in [2.45, 2.75) is 52.2 Å². The molecule has 1 aromatic carbocycles. The summed E-state index contributed by atoms with van der Waals surface area (Å²) in [7, 11) is 0. The number of nitrogens with one attached hydrogen (secondary N) is 1. The molecule has 2 aromatic rings. The van der Waals surface area contributed by atoms with E-state index < -0.39 is 0 Å². The maximum absolute atomic E-state index is 12.1. The monoisotopic (exact) mass is 370 g/mol. The Bertz CT molecular complexity index is 744. The number of ether oxygens (including phenoxy) is 1. The Balaban J connectivity index is 1.45. The van der Waals surface area contributed by atoms with E-state index in [1.165, 1.54) is 12.8 Å². The maximum Gasteiger partial charge on any atom is 0.244 e. The summed E-state index contributed by atoms with van der Waals surface area (Å²) < 4.78 is 5.74. The van der Waals surface area contributed by atoms with Gasteiger partial charge in [0.1, 0.15) is 12.4 Å². The van der Waals surface area contributed by atoms with Crippen molar-refractivity contribution in [2.75, 3.05) is 0 Å². The van der Waals surface area contributed by atoms with Gasteiger partial charge in [-0.2, -0.15) is 0 Å². The van der Waals surface area contributed by atoms with Crippen molar-refractivity contribution in [3.05, 3.63) is 52.0 Å². The summed E-state index contributed by atoms with van der Waals surface area (Å²) in [6.07, 6.45) is 8.05. The molecule has 0 atom stereocenters. The molecule has 0 unspecified atom stereocenters. The number of carbonyl (C=O) groups is 1. The molecule has 1 aromatic heterocycles. The summed E-state index contributed by atoms with van der Waals surface area (Å²) in [6.45, 7) is 4.74. The molecule has 1 heterocycles. The molecule has 1 aliphatic carbocycles. The van der Waals surface area contributed by atoms with Crippen molar-refractivity contribution in [2.24, 2.45) is 5.92 Å². The highest BCUT2D eigenvalue weighted by Crippen LogP contribution is 2.23. The van der Waals surface area contributed by atoms with E-state index in [1.54, 1.807) is 17.4 Å².